The van der Waals surface area contributed by atoms with E-state index >= 15 is 0 Å². The monoisotopic (exact) mass is 839 g/mol. The summed E-state index contributed by atoms with van der Waals surface area (Å²) in [6, 6.07) is 76.3. The highest BCUT2D eigenvalue weighted by molar-refractivity contribution is 7.90. The fourth-order valence-corrected chi connectivity index (χ4v) is 9.20. The van der Waals surface area contributed by atoms with Crippen molar-refractivity contribution in [1.82, 2.24) is 14.5 Å². The van der Waals surface area contributed by atoms with E-state index in [0.29, 0.717) is 15.6 Å². The first-order valence-electron chi connectivity index (χ1n) is 21.0. The van der Waals surface area contributed by atoms with E-state index in [2.05, 4.69) is 211 Å². The third-order valence-corrected chi connectivity index (χ3v) is 12.9. The van der Waals surface area contributed by atoms with Crippen LogP contribution in [0.5, 0.6) is 0 Å². The van der Waals surface area contributed by atoms with Gasteiger partial charge < -0.3 is 4.57 Å². The molecule has 0 aliphatic heterocycles. The molecule has 0 aliphatic rings. The standard InChI is InChI=1S/C58H37N3S2/c62-56(57(63)46-31-34-48(35-32-46)61-52-18-10-9-17-50(52)54-49-16-8-7-15-42(49)33-36-53(54)61)45-27-25-44(26-28-45)55-51(43-23-19-40(20-24-43)38-11-3-1-4-12-38)37-59-58(60-55)47-29-21-41(22-30-47)39-13-5-2-6-14-39/h1-37H. The summed E-state index contributed by atoms with van der Waals surface area (Å²) in [6.45, 7) is 0. The van der Waals surface area contributed by atoms with Gasteiger partial charge in [0.05, 0.1) is 26.5 Å². The SMILES string of the molecule is S=C(C(=S)c1ccc(-n2c3ccccc3c3c4ccccc4ccc32)cc1)c1ccc(-c2nc(-c3ccc(-c4ccccc4)cc3)ncc2-c2ccc(-c3ccccc3)cc2)cc1. The minimum absolute atomic E-state index is 0.631. The third-order valence-electron chi connectivity index (χ3n) is 11.9. The molecule has 0 radical (unpaired) electrons. The zero-order valence-corrected chi connectivity index (χ0v) is 35.7. The minimum atomic E-state index is 0.631. The Hall–Kier alpha value is -7.70. The summed E-state index contributed by atoms with van der Waals surface area (Å²) >= 11 is 12.2. The van der Waals surface area contributed by atoms with Crippen LogP contribution in [-0.2, 0) is 0 Å². The van der Waals surface area contributed by atoms with E-state index in [1.807, 2.05) is 18.3 Å². The molecule has 11 aromatic rings. The number of nitrogens with zero attached hydrogens (tertiary/aromatic N) is 3. The maximum absolute atomic E-state index is 6.08. The van der Waals surface area contributed by atoms with Gasteiger partial charge >= 0.3 is 0 Å². The molecule has 0 N–H and O–H groups in total. The summed E-state index contributed by atoms with van der Waals surface area (Å²) in [5.41, 5.74) is 14.6. The van der Waals surface area contributed by atoms with Gasteiger partial charge in [-0.3, -0.25) is 0 Å². The van der Waals surface area contributed by atoms with Crippen LogP contribution < -0.4 is 0 Å². The summed E-state index contributed by atoms with van der Waals surface area (Å²) in [5.74, 6) is 0.660. The second kappa shape index (κ2) is 16.3. The summed E-state index contributed by atoms with van der Waals surface area (Å²) < 4.78 is 2.34. The largest absolute Gasteiger partial charge is 0.309 e. The Morgan fingerprint density at radius 2 is 0.873 bits per heavy atom. The van der Waals surface area contributed by atoms with Crippen molar-refractivity contribution in [3.8, 4) is 61.7 Å². The van der Waals surface area contributed by atoms with Crippen molar-refractivity contribution < 1.29 is 0 Å². The molecular formula is C58H37N3S2. The summed E-state index contributed by atoms with van der Waals surface area (Å²) in [6.07, 6.45) is 1.94. The number of benzene rings is 9. The number of fused-ring (bicyclic) bond motifs is 5. The minimum Gasteiger partial charge on any atom is -0.309 e. The Kier molecular flexibility index (Phi) is 9.89. The molecule has 0 saturated heterocycles. The normalized spacial score (nSPS) is 11.3. The highest BCUT2D eigenvalue weighted by atomic mass is 32.1. The van der Waals surface area contributed by atoms with Crippen LogP contribution in [0.4, 0.5) is 0 Å². The van der Waals surface area contributed by atoms with Crippen molar-refractivity contribution in [3.05, 3.63) is 236 Å². The quantitative estimate of drug-likeness (QED) is 0.107. The van der Waals surface area contributed by atoms with Gasteiger partial charge in [0.15, 0.2) is 5.82 Å². The van der Waals surface area contributed by atoms with Crippen LogP contribution >= 0.6 is 24.4 Å². The van der Waals surface area contributed by atoms with Gasteiger partial charge in [0.25, 0.3) is 0 Å². The Morgan fingerprint density at radius 3 is 1.51 bits per heavy atom. The van der Waals surface area contributed by atoms with E-state index in [1.165, 1.54) is 43.7 Å². The average molecular weight is 840 g/mol. The van der Waals surface area contributed by atoms with E-state index in [4.69, 9.17) is 34.4 Å². The summed E-state index contributed by atoms with van der Waals surface area (Å²) in [7, 11) is 0. The van der Waals surface area contributed by atoms with Gasteiger partial charge in [-0.05, 0) is 74.0 Å². The lowest BCUT2D eigenvalue weighted by molar-refractivity contribution is 1.18. The number of hydrogen-bond donors (Lipinski definition) is 0. The van der Waals surface area contributed by atoms with E-state index in [-0.39, 0.29) is 0 Å². The maximum atomic E-state index is 6.08. The second-order valence-electron chi connectivity index (χ2n) is 15.7. The molecule has 0 saturated carbocycles. The molecular weight excluding hydrogens is 803 g/mol. The van der Waals surface area contributed by atoms with Gasteiger partial charge in [-0.1, -0.05) is 219 Å². The molecule has 3 nitrogen and oxygen atoms in total. The molecule has 2 aromatic heterocycles. The number of hydrogen-bond acceptors (Lipinski definition) is 4. The highest BCUT2D eigenvalue weighted by Gasteiger charge is 2.18. The number of thiocarbonyl (C=S) groups is 2. The number of rotatable bonds is 9. The lowest BCUT2D eigenvalue weighted by Crippen LogP contribution is -2.12. The lowest BCUT2D eigenvalue weighted by Gasteiger charge is -2.14. The lowest BCUT2D eigenvalue weighted by atomic mass is 9.96. The first kappa shape index (κ1) is 38.2. The van der Waals surface area contributed by atoms with Gasteiger partial charge in [-0.25, -0.2) is 9.97 Å². The molecule has 2 heterocycles. The van der Waals surface area contributed by atoms with Crippen molar-refractivity contribution in [2.75, 3.05) is 0 Å². The van der Waals surface area contributed by atoms with Crippen molar-refractivity contribution in [2.24, 2.45) is 0 Å². The van der Waals surface area contributed by atoms with Crippen molar-refractivity contribution >= 4 is 66.7 Å². The molecule has 0 spiro atoms. The predicted molar refractivity (Wildman–Crippen MR) is 271 cm³/mol. The molecule has 296 valence electrons. The van der Waals surface area contributed by atoms with Gasteiger partial charge in [-0.2, -0.15) is 0 Å². The van der Waals surface area contributed by atoms with E-state index < -0.39 is 0 Å². The second-order valence-corrected chi connectivity index (χ2v) is 16.5. The Labute approximate surface area is 376 Å². The van der Waals surface area contributed by atoms with Gasteiger partial charge in [-0.15, -0.1) is 0 Å². The molecule has 63 heavy (non-hydrogen) atoms. The zero-order valence-electron chi connectivity index (χ0n) is 34.0. The number of aromatic nitrogens is 3. The van der Waals surface area contributed by atoms with Crippen LogP contribution in [0.25, 0.3) is 94.3 Å². The summed E-state index contributed by atoms with van der Waals surface area (Å²) in [5, 5.41) is 4.98. The molecule has 0 atom stereocenters. The smallest absolute Gasteiger partial charge is 0.159 e. The summed E-state index contributed by atoms with van der Waals surface area (Å²) in [4.78, 5) is 11.4. The van der Waals surface area contributed by atoms with Crippen molar-refractivity contribution in [3.63, 3.8) is 0 Å². The molecule has 0 bridgehead atoms. The van der Waals surface area contributed by atoms with E-state index in [0.717, 1.165) is 55.9 Å². The first-order chi connectivity index (χ1) is 31.1. The van der Waals surface area contributed by atoms with Crippen molar-refractivity contribution in [1.29, 1.82) is 0 Å². The molecule has 11 rings (SSSR count). The first-order valence-corrected chi connectivity index (χ1v) is 21.8. The van der Waals surface area contributed by atoms with Gasteiger partial charge in [0, 0.05) is 39.3 Å². The van der Waals surface area contributed by atoms with Gasteiger partial charge in [0.2, 0.25) is 0 Å². The van der Waals surface area contributed by atoms with Crippen LogP contribution in [0.3, 0.4) is 0 Å². The molecule has 5 heteroatoms. The molecule has 0 unspecified atom stereocenters. The van der Waals surface area contributed by atoms with Crippen LogP contribution in [0.15, 0.2) is 225 Å². The molecule has 0 aliphatic carbocycles. The Bertz CT molecular complexity index is 3490. The fraction of sp³-hybridized carbons (Fsp3) is 0. The van der Waals surface area contributed by atoms with Gasteiger partial charge in [0.1, 0.15) is 0 Å². The van der Waals surface area contributed by atoms with Crippen molar-refractivity contribution in [2.45, 2.75) is 0 Å². The van der Waals surface area contributed by atoms with E-state index in [9.17, 15) is 0 Å². The molecule has 9 aromatic carbocycles. The predicted octanol–water partition coefficient (Wildman–Crippen LogP) is 15.2. The van der Waals surface area contributed by atoms with Crippen LogP contribution in [0, 0.1) is 0 Å². The highest BCUT2D eigenvalue weighted by Crippen LogP contribution is 2.38. The Morgan fingerprint density at radius 1 is 0.381 bits per heavy atom. The van der Waals surface area contributed by atoms with Crippen LogP contribution in [0.2, 0.25) is 0 Å². The topological polar surface area (TPSA) is 30.7 Å². The molecule has 0 amide bonds. The molecule has 0 fully saturated rings. The van der Waals surface area contributed by atoms with E-state index in [1.54, 1.807) is 0 Å². The Balaban J connectivity index is 0.902. The number of para-hydroxylation sites is 1. The van der Waals surface area contributed by atoms with Crippen LogP contribution in [-0.4, -0.2) is 24.3 Å². The third kappa shape index (κ3) is 7.13. The fourth-order valence-electron chi connectivity index (χ4n) is 8.69. The van der Waals surface area contributed by atoms with Crippen LogP contribution in [0.1, 0.15) is 11.1 Å². The zero-order chi connectivity index (χ0) is 42.3. The average Bonchev–Trinajstić information content (AvgIpc) is 3.71. The maximum Gasteiger partial charge on any atom is 0.159 e.